The Morgan fingerprint density at radius 3 is 2.67 bits per heavy atom. The topological polar surface area (TPSA) is 53.0 Å². The summed E-state index contributed by atoms with van der Waals surface area (Å²) < 4.78 is 1.00. The van der Waals surface area contributed by atoms with E-state index in [1.807, 2.05) is 12.1 Å². The van der Waals surface area contributed by atoms with Gasteiger partial charge in [-0.15, -0.1) is 0 Å². The predicted octanol–water partition coefficient (Wildman–Crippen LogP) is 3.40. The van der Waals surface area contributed by atoms with Gasteiger partial charge in [-0.05, 0) is 29.7 Å². The standard InChI is InChI=1S/C14H20BrN3/c1-11(2)9-18(5-3-4-16)10-12-6-13(15)8-14(17)7-12/h6-8,11H,3,5,9-10,17H2,1-2H3. The number of nitrogens with two attached hydrogens (primary N) is 1. The maximum atomic E-state index is 8.70. The van der Waals surface area contributed by atoms with Crippen molar-refractivity contribution in [2.45, 2.75) is 26.8 Å². The van der Waals surface area contributed by atoms with Gasteiger partial charge in [0.15, 0.2) is 0 Å². The summed E-state index contributed by atoms with van der Waals surface area (Å²) in [6.45, 7) is 7.02. The molecular weight excluding hydrogens is 290 g/mol. The van der Waals surface area contributed by atoms with Crippen molar-refractivity contribution in [2.75, 3.05) is 18.8 Å². The minimum absolute atomic E-state index is 0.566. The number of hydrogen-bond donors (Lipinski definition) is 1. The van der Waals surface area contributed by atoms with E-state index in [4.69, 9.17) is 11.0 Å². The Hall–Kier alpha value is -1.05. The Morgan fingerprint density at radius 1 is 1.39 bits per heavy atom. The minimum atomic E-state index is 0.566. The number of nitriles is 1. The minimum Gasteiger partial charge on any atom is -0.399 e. The van der Waals surface area contributed by atoms with Gasteiger partial charge < -0.3 is 5.73 Å². The van der Waals surface area contributed by atoms with Gasteiger partial charge in [-0.3, -0.25) is 4.90 Å². The predicted molar refractivity (Wildman–Crippen MR) is 78.9 cm³/mol. The van der Waals surface area contributed by atoms with E-state index in [2.05, 4.69) is 46.8 Å². The highest BCUT2D eigenvalue weighted by molar-refractivity contribution is 9.10. The average Bonchev–Trinajstić information content (AvgIpc) is 2.23. The van der Waals surface area contributed by atoms with Crippen molar-refractivity contribution in [3.8, 4) is 6.07 Å². The number of halogens is 1. The van der Waals surface area contributed by atoms with Gasteiger partial charge in [-0.2, -0.15) is 5.26 Å². The maximum absolute atomic E-state index is 8.70. The van der Waals surface area contributed by atoms with Gasteiger partial charge in [-0.25, -0.2) is 0 Å². The molecule has 1 aromatic carbocycles. The second-order valence-electron chi connectivity index (χ2n) is 4.93. The summed E-state index contributed by atoms with van der Waals surface area (Å²) in [5.41, 5.74) is 7.78. The largest absolute Gasteiger partial charge is 0.399 e. The van der Waals surface area contributed by atoms with Crippen LogP contribution in [0, 0.1) is 17.2 Å². The van der Waals surface area contributed by atoms with E-state index in [9.17, 15) is 0 Å². The van der Waals surface area contributed by atoms with Crippen LogP contribution in [0.4, 0.5) is 5.69 Å². The summed E-state index contributed by atoms with van der Waals surface area (Å²) in [6.07, 6.45) is 0.566. The van der Waals surface area contributed by atoms with Crippen LogP contribution in [0.3, 0.4) is 0 Å². The van der Waals surface area contributed by atoms with Gasteiger partial charge in [0.2, 0.25) is 0 Å². The van der Waals surface area contributed by atoms with Gasteiger partial charge in [-0.1, -0.05) is 29.8 Å². The third-order valence-corrected chi connectivity index (χ3v) is 3.01. The smallest absolute Gasteiger partial charge is 0.0635 e. The van der Waals surface area contributed by atoms with E-state index in [0.29, 0.717) is 12.3 Å². The normalized spacial score (nSPS) is 10.9. The lowest BCUT2D eigenvalue weighted by Gasteiger charge is -2.23. The van der Waals surface area contributed by atoms with E-state index in [0.717, 1.165) is 29.8 Å². The van der Waals surface area contributed by atoms with Crippen LogP contribution in [0.15, 0.2) is 22.7 Å². The molecule has 0 aliphatic rings. The van der Waals surface area contributed by atoms with Crippen LogP contribution >= 0.6 is 15.9 Å². The summed E-state index contributed by atoms with van der Waals surface area (Å²) in [6, 6.07) is 8.17. The lowest BCUT2D eigenvalue weighted by Crippen LogP contribution is -2.28. The van der Waals surface area contributed by atoms with E-state index < -0.39 is 0 Å². The summed E-state index contributed by atoms with van der Waals surface area (Å²) in [5.74, 6) is 0.591. The first kappa shape index (κ1) is 15.0. The molecule has 2 N–H and O–H groups in total. The van der Waals surface area contributed by atoms with E-state index in [1.165, 1.54) is 5.56 Å². The number of hydrogen-bond acceptors (Lipinski definition) is 3. The van der Waals surface area contributed by atoms with Crippen LogP contribution in [0.5, 0.6) is 0 Å². The van der Waals surface area contributed by atoms with Crippen LogP contribution in [-0.2, 0) is 6.54 Å². The highest BCUT2D eigenvalue weighted by Crippen LogP contribution is 2.19. The van der Waals surface area contributed by atoms with Gasteiger partial charge >= 0.3 is 0 Å². The van der Waals surface area contributed by atoms with E-state index >= 15 is 0 Å². The molecule has 0 saturated heterocycles. The molecule has 0 radical (unpaired) electrons. The zero-order valence-electron chi connectivity index (χ0n) is 11.0. The number of nitrogen functional groups attached to an aromatic ring is 1. The lowest BCUT2D eigenvalue weighted by atomic mass is 10.1. The molecule has 18 heavy (non-hydrogen) atoms. The fourth-order valence-electron chi connectivity index (χ4n) is 1.98. The van der Waals surface area contributed by atoms with Crippen LogP contribution in [0.1, 0.15) is 25.8 Å². The number of nitrogens with zero attached hydrogens (tertiary/aromatic N) is 2. The molecular formula is C14H20BrN3. The molecule has 0 aliphatic heterocycles. The Bertz CT molecular complexity index is 403. The zero-order chi connectivity index (χ0) is 13.5. The molecule has 0 saturated carbocycles. The Morgan fingerprint density at radius 2 is 2.11 bits per heavy atom. The first-order valence-corrected chi connectivity index (χ1v) is 6.95. The van der Waals surface area contributed by atoms with Gasteiger partial charge in [0.25, 0.3) is 0 Å². The fraction of sp³-hybridized carbons (Fsp3) is 0.500. The number of benzene rings is 1. The van der Waals surface area contributed by atoms with Crippen molar-refractivity contribution in [1.82, 2.24) is 4.90 Å². The van der Waals surface area contributed by atoms with E-state index in [1.54, 1.807) is 0 Å². The molecule has 0 heterocycles. The number of anilines is 1. The molecule has 1 rings (SSSR count). The Balaban J connectivity index is 2.72. The van der Waals surface area contributed by atoms with Crippen molar-refractivity contribution in [2.24, 2.45) is 5.92 Å². The molecule has 0 spiro atoms. The second-order valence-corrected chi connectivity index (χ2v) is 5.85. The summed E-state index contributed by atoms with van der Waals surface area (Å²) in [7, 11) is 0. The van der Waals surface area contributed by atoms with Crippen molar-refractivity contribution in [3.05, 3.63) is 28.2 Å². The molecule has 0 amide bonds. The number of rotatable bonds is 6. The van der Waals surface area contributed by atoms with Crippen molar-refractivity contribution in [1.29, 1.82) is 5.26 Å². The molecule has 98 valence electrons. The molecule has 0 bridgehead atoms. The molecule has 0 atom stereocenters. The molecule has 4 heteroatoms. The fourth-order valence-corrected chi connectivity index (χ4v) is 2.54. The van der Waals surface area contributed by atoms with Gasteiger partial charge in [0.1, 0.15) is 0 Å². The summed E-state index contributed by atoms with van der Waals surface area (Å²) in [4.78, 5) is 2.30. The molecule has 0 aliphatic carbocycles. The third kappa shape index (κ3) is 5.52. The SMILES string of the molecule is CC(C)CN(CCC#N)Cc1cc(N)cc(Br)c1. The van der Waals surface area contributed by atoms with Gasteiger partial charge in [0.05, 0.1) is 6.07 Å². The highest BCUT2D eigenvalue weighted by Gasteiger charge is 2.08. The summed E-state index contributed by atoms with van der Waals surface area (Å²) in [5, 5.41) is 8.70. The van der Waals surface area contributed by atoms with Crippen LogP contribution < -0.4 is 5.73 Å². The Labute approximate surface area is 118 Å². The quantitative estimate of drug-likeness (QED) is 0.819. The van der Waals surface area contributed by atoms with Crippen LogP contribution in [0.2, 0.25) is 0 Å². The summed E-state index contributed by atoms with van der Waals surface area (Å²) >= 11 is 3.46. The Kier molecular flexibility index (Phi) is 6.17. The molecule has 0 fully saturated rings. The second kappa shape index (κ2) is 7.40. The zero-order valence-corrected chi connectivity index (χ0v) is 12.6. The van der Waals surface area contributed by atoms with Crippen molar-refractivity contribution >= 4 is 21.6 Å². The third-order valence-electron chi connectivity index (χ3n) is 2.55. The van der Waals surface area contributed by atoms with Gasteiger partial charge in [0, 0.05) is 36.2 Å². The molecule has 0 aromatic heterocycles. The van der Waals surface area contributed by atoms with Crippen molar-refractivity contribution in [3.63, 3.8) is 0 Å². The monoisotopic (exact) mass is 309 g/mol. The first-order chi connectivity index (χ1) is 8.51. The highest BCUT2D eigenvalue weighted by atomic mass is 79.9. The molecule has 1 aromatic rings. The van der Waals surface area contributed by atoms with Crippen LogP contribution in [0.25, 0.3) is 0 Å². The maximum Gasteiger partial charge on any atom is 0.0635 e. The lowest BCUT2D eigenvalue weighted by molar-refractivity contribution is 0.241. The van der Waals surface area contributed by atoms with E-state index in [-0.39, 0.29) is 0 Å². The van der Waals surface area contributed by atoms with Crippen molar-refractivity contribution < 1.29 is 0 Å². The van der Waals surface area contributed by atoms with Crippen LogP contribution in [-0.4, -0.2) is 18.0 Å². The molecule has 0 unspecified atom stereocenters. The first-order valence-electron chi connectivity index (χ1n) is 6.15. The molecule has 3 nitrogen and oxygen atoms in total. The average molecular weight is 310 g/mol.